The lowest BCUT2D eigenvalue weighted by Crippen LogP contribution is -2.41. The molecular formula is C14H31N3. The zero-order valence-corrected chi connectivity index (χ0v) is 12.4. The summed E-state index contributed by atoms with van der Waals surface area (Å²) in [6, 6.07) is 0.625. The minimum Gasteiger partial charge on any atom is -0.330 e. The Labute approximate surface area is 107 Å². The van der Waals surface area contributed by atoms with Crippen LogP contribution in [0.4, 0.5) is 0 Å². The minimum absolute atomic E-state index is 0.382. The fourth-order valence-electron chi connectivity index (χ4n) is 3.12. The smallest absolute Gasteiger partial charge is 0.0232 e. The maximum Gasteiger partial charge on any atom is 0.0232 e. The molecule has 0 aromatic carbocycles. The Balaban J connectivity index is 2.71. The van der Waals surface area contributed by atoms with Gasteiger partial charge >= 0.3 is 0 Å². The SMILES string of the molecule is CC(C)CN1CC(CCN)N(C)CC(C)(C)C1. The van der Waals surface area contributed by atoms with Gasteiger partial charge in [-0.05, 0) is 31.3 Å². The van der Waals surface area contributed by atoms with E-state index in [1.54, 1.807) is 0 Å². The second-order valence-electron chi connectivity index (χ2n) is 6.90. The van der Waals surface area contributed by atoms with Gasteiger partial charge in [-0.2, -0.15) is 0 Å². The van der Waals surface area contributed by atoms with Crippen LogP contribution in [0.3, 0.4) is 0 Å². The quantitative estimate of drug-likeness (QED) is 0.812. The van der Waals surface area contributed by atoms with Crippen molar-refractivity contribution in [1.82, 2.24) is 9.80 Å². The van der Waals surface area contributed by atoms with E-state index < -0.39 is 0 Å². The summed E-state index contributed by atoms with van der Waals surface area (Å²) in [5.74, 6) is 0.743. The van der Waals surface area contributed by atoms with Crippen LogP contribution in [0.2, 0.25) is 0 Å². The molecule has 0 aromatic rings. The zero-order valence-electron chi connectivity index (χ0n) is 12.4. The molecule has 17 heavy (non-hydrogen) atoms. The molecule has 1 unspecified atom stereocenters. The van der Waals surface area contributed by atoms with Crippen molar-refractivity contribution in [2.75, 3.05) is 39.8 Å². The molecule has 2 N–H and O–H groups in total. The number of hydrogen-bond donors (Lipinski definition) is 1. The fraction of sp³-hybridized carbons (Fsp3) is 1.00. The third-order valence-corrected chi connectivity index (χ3v) is 3.54. The van der Waals surface area contributed by atoms with Crippen molar-refractivity contribution in [3.05, 3.63) is 0 Å². The lowest BCUT2D eigenvalue weighted by atomic mass is 9.92. The van der Waals surface area contributed by atoms with Crippen LogP contribution < -0.4 is 5.73 Å². The Morgan fingerprint density at radius 2 is 1.94 bits per heavy atom. The Hall–Kier alpha value is -0.120. The molecule has 0 aliphatic carbocycles. The third-order valence-electron chi connectivity index (χ3n) is 3.54. The van der Waals surface area contributed by atoms with Gasteiger partial charge in [-0.15, -0.1) is 0 Å². The highest BCUT2D eigenvalue weighted by molar-refractivity contribution is 4.87. The summed E-state index contributed by atoms with van der Waals surface area (Å²) in [6.45, 7) is 14.9. The van der Waals surface area contributed by atoms with Gasteiger partial charge in [-0.25, -0.2) is 0 Å². The minimum atomic E-state index is 0.382. The summed E-state index contributed by atoms with van der Waals surface area (Å²) >= 11 is 0. The number of hydrogen-bond acceptors (Lipinski definition) is 3. The average Bonchev–Trinajstić information content (AvgIpc) is 2.22. The first-order chi connectivity index (χ1) is 7.84. The van der Waals surface area contributed by atoms with Gasteiger partial charge < -0.3 is 15.5 Å². The first-order valence-corrected chi connectivity index (χ1v) is 6.97. The normalized spacial score (nSPS) is 27.4. The largest absolute Gasteiger partial charge is 0.330 e. The monoisotopic (exact) mass is 241 g/mol. The van der Waals surface area contributed by atoms with E-state index in [0.717, 1.165) is 18.9 Å². The maximum absolute atomic E-state index is 5.74. The van der Waals surface area contributed by atoms with E-state index in [-0.39, 0.29) is 0 Å². The zero-order chi connectivity index (χ0) is 13.1. The molecule has 0 radical (unpaired) electrons. The summed E-state index contributed by atoms with van der Waals surface area (Å²) in [5, 5.41) is 0. The molecule has 1 aliphatic heterocycles. The van der Waals surface area contributed by atoms with Crippen molar-refractivity contribution >= 4 is 0 Å². The van der Waals surface area contributed by atoms with Gasteiger partial charge in [0.2, 0.25) is 0 Å². The molecule has 0 saturated carbocycles. The number of nitrogens with two attached hydrogens (primary N) is 1. The van der Waals surface area contributed by atoms with E-state index >= 15 is 0 Å². The average molecular weight is 241 g/mol. The number of rotatable bonds is 4. The van der Waals surface area contributed by atoms with Gasteiger partial charge in [0, 0.05) is 32.2 Å². The topological polar surface area (TPSA) is 32.5 Å². The van der Waals surface area contributed by atoms with Gasteiger partial charge in [-0.3, -0.25) is 0 Å². The summed E-state index contributed by atoms with van der Waals surface area (Å²) in [5.41, 5.74) is 6.12. The second-order valence-corrected chi connectivity index (χ2v) is 6.90. The predicted molar refractivity (Wildman–Crippen MR) is 75.1 cm³/mol. The van der Waals surface area contributed by atoms with Crippen molar-refractivity contribution in [2.45, 2.75) is 40.2 Å². The highest BCUT2D eigenvalue weighted by Gasteiger charge is 2.31. The molecule has 0 aromatic heterocycles. The summed E-state index contributed by atoms with van der Waals surface area (Å²) in [7, 11) is 2.25. The summed E-state index contributed by atoms with van der Waals surface area (Å²) in [4.78, 5) is 5.14. The first-order valence-electron chi connectivity index (χ1n) is 6.97. The van der Waals surface area contributed by atoms with E-state index in [4.69, 9.17) is 5.73 Å². The standard InChI is InChI=1S/C14H31N3/c1-12(2)8-17-9-13(6-7-15)16(5)10-14(3,4)11-17/h12-13H,6-11,15H2,1-5H3. The van der Waals surface area contributed by atoms with Crippen LogP contribution in [0.25, 0.3) is 0 Å². The molecule has 3 nitrogen and oxygen atoms in total. The fourth-order valence-corrected chi connectivity index (χ4v) is 3.12. The predicted octanol–water partition coefficient (Wildman–Crippen LogP) is 1.63. The van der Waals surface area contributed by atoms with E-state index in [2.05, 4.69) is 44.5 Å². The molecule has 0 amide bonds. The van der Waals surface area contributed by atoms with E-state index in [1.807, 2.05) is 0 Å². The van der Waals surface area contributed by atoms with Crippen LogP contribution in [0, 0.1) is 11.3 Å². The third kappa shape index (κ3) is 4.94. The van der Waals surface area contributed by atoms with Crippen molar-refractivity contribution in [3.8, 4) is 0 Å². The highest BCUT2D eigenvalue weighted by atomic mass is 15.2. The molecule has 1 saturated heterocycles. The maximum atomic E-state index is 5.74. The Bertz CT molecular complexity index is 226. The molecular weight excluding hydrogens is 210 g/mol. The lowest BCUT2D eigenvalue weighted by Gasteiger charge is -2.30. The number of nitrogens with zero attached hydrogens (tertiary/aromatic N) is 2. The highest BCUT2D eigenvalue weighted by Crippen LogP contribution is 2.25. The summed E-state index contributed by atoms with van der Waals surface area (Å²) < 4.78 is 0. The van der Waals surface area contributed by atoms with Crippen LogP contribution in [-0.4, -0.2) is 55.6 Å². The van der Waals surface area contributed by atoms with Crippen LogP contribution in [0.15, 0.2) is 0 Å². The molecule has 1 heterocycles. The number of likely N-dealkylation sites (N-methyl/N-ethyl adjacent to an activating group) is 1. The molecule has 1 rings (SSSR count). The molecule has 1 aliphatic rings. The van der Waals surface area contributed by atoms with Crippen LogP contribution >= 0.6 is 0 Å². The van der Waals surface area contributed by atoms with Crippen LogP contribution in [0.5, 0.6) is 0 Å². The van der Waals surface area contributed by atoms with Crippen molar-refractivity contribution in [1.29, 1.82) is 0 Å². The Kier molecular flexibility index (Phi) is 5.42. The summed E-state index contributed by atoms with van der Waals surface area (Å²) in [6.07, 6.45) is 1.11. The van der Waals surface area contributed by atoms with E-state index in [0.29, 0.717) is 11.5 Å². The molecule has 1 fully saturated rings. The molecule has 1 atom stereocenters. The van der Waals surface area contributed by atoms with Crippen molar-refractivity contribution in [3.63, 3.8) is 0 Å². The molecule has 102 valence electrons. The van der Waals surface area contributed by atoms with Crippen molar-refractivity contribution < 1.29 is 0 Å². The van der Waals surface area contributed by atoms with Gasteiger partial charge in [0.25, 0.3) is 0 Å². The first kappa shape index (κ1) is 14.9. The van der Waals surface area contributed by atoms with E-state index in [1.165, 1.54) is 26.2 Å². The van der Waals surface area contributed by atoms with E-state index in [9.17, 15) is 0 Å². The molecule has 3 heteroatoms. The van der Waals surface area contributed by atoms with Gasteiger partial charge in [0.05, 0.1) is 0 Å². The van der Waals surface area contributed by atoms with Gasteiger partial charge in [0.15, 0.2) is 0 Å². The Morgan fingerprint density at radius 3 is 2.47 bits per heavy atom. The molecule has 0 bridgehead atoms. The lowest BCUT2D eigenvalue weighted by molar-refractivity contribution is 0.182. The van der Waals surface area contributed by atoms with Crippen LogP contribution in [-0.2, 0) is 0 Å². The van der Waals surface area contributed by atoms with Gasteiger partial charge in [-0.1, -0.05) is 27.7 Å². The van der Waals surface area contributed by atoms with Crippen molar-refractivity contribution in [2.24, 2.45) is 17.1 Å². The Morgan fingerprint density at radius 1 is 1.29 bits per heavy atom. The van der Waals surface area contributed by atoms with Gasteiger partial charge in [0.1, 0.15) is 0 Å². The molecule has 0 spiro atoms. The van der Waals surface area contributed by atoms with Crippen LogP contribution in [0.1, 0.15) is 34.1 Å². The second kappa shape index (κ2) is 6.17.